The first-order chi connectivity index (χ1) is 3.27. The minimum atomic E-state index is -0.694. The Labute approximate surface area is 52.2 Å². The van der Waals surface area contributed by atoms with Gasteiger partial charge in [0.15, 0.2) is 0 Å². The van der Waals surface area contributed by atoms with Gasteiger partial charge in [-0.05, 0) is 0 Å². The highest BCUT2D eigenvalue weighted by Crippen LogP contribution is 1.85. The molecule has 0 saturated heterocycles. The molecule has 0 aromatic carbocycles. The minimum Gasteiger partial charge on any atom is -0.453 e. The zero-order valence-electron chi connectivity index (χ0n) is 3.52. The van der Waals surface area contributed by atoms with Crippen LogP contribution in [-0.2, 0) is 4.74 Å². The summed E-state index contributed by atoms with van der Waals surface area (Å²) in [4.78, 5) is 9.74. The van der Waals surface area contributed by atoms with Crippen LogP contribution in [0.4, 0.5) is 4.79 Å². The summed E-state index contributed by atoms with van der Waals surface area (Å²) in [5.41, 5.74) is 0. The van der Waals surface area contributed by atoms with Crippen LogP contribution >= 0.6 is 24.2 Å². The SMILES string of the molecule is O=C([S])OCCCl. The predicted octanol–water partition coefficient (Wildman–Crippen LogP) is 1.56. The molecule has 0 saturated carbocycles. The maximum Gasteiger partial charge on any atom is 0.400 e. The van der Waals surface area contributed by atoms with Crippen molar-refractivity contribution in [2.45, 2.75) is 0 Å². The Kier molecular flexibility index (Phi) is 4.14. The van der Waals surface area contributed by atoms with Crippen molar-refractivity contribution >= 4 is 29.5 Å². The summed E-state index contributed by atoms with van der Waals surface area (Å²) in [5, 5.41) is -0.694. The van der Waals surface area contributed by atoms with Gasteiger partial charge in [0.05, 0.1) is 5.88 Å². The topological polar surface area (TPSA) is 26.3 Å². The number of rotatable bonds is 2. The third-order valence-corrected chi connectivity index (χ3v) is 0.569. The number of hydrogen-bond acceptors (Lipinski definition) is 2. The quantitative estimate of drug-likeness (QED) is 0.429. The molecule has 0 rings (SSSR count). The van der Waals surface area contributed by atoms with Crippen molar-refractivity contribution in [3.8, 4) is 0 Å². The molecule has 0 aliphatic rings. The molecule has 0 heterocycles. The van der Waals surface area contributed by atoms with Crippen LogP contribution < -0.4 is 0 Å². The van der Waals surface area contributed by atoms with Gasteiger partial charge >= 0.3 is 5.30 Å². The Balaban J connectivity index is 2.82. The lowest BCUT2D eigenvalue weighted by atomic mass is 10.9. The lowest BCUT2D eigenvalue weighted by Gasteiger charge is -1.90. The third-order valence-electron chi connectivity index (χ3n) is 0.297. The molecule has 7 heavy (non-hydrogen) atoms. The van der Waals surface area contributed by atoms with Gasteiger partial charge in [-0.3, -0.25) is 0 Å². The van der Waals surface area contributed by atoms with Gasteiger partial charge in [0.2, 0.25) is 0 Å². The van der Waals surface area contributed by atoms with E-state index in [9.17, 15) is 4.79 Å². The molecule has 0 aliphatic carbocycles. The largest absolute Gasteiger partial charge is 0.453 e. The molecule has 4 heteroatoms. The standard InChI is InChI=1S/C3H4ClO2S/c4-1-2-6-3(5)7/h1-2H2. The second kappa shape index (κ2) is 4.15. The first-order valence-electron chi connectivity index (χ1n) is 1.67. The molecule has 0 spiro atoms. The molecule has 0 fully saturated rings. The van der Waals surface area contributed by atoms with E-state index in [1.54, 1.807) is 0 Å². The molecule has 0 aliphatic heterocycles. The van der Waals surface area contributed by atoms with Gasteiger partial charge in [0.25, 0.3) is 0 Å². The van der Waals surface area contributed by atoms with E-state index < -0.39 is 5.30 Å². The summed E-state index contributed by atoms with van der Waals surface area (Å²) < 4.78 is 4.23. The fourth-order valence-corrected chi connectivity index (χ4v) is 0.282. The average Bonchev–Trinajstić information content (AvgIpc) is 1.61. The fourth-order valence-electron chi connectivity index (χ4n) is 0.122. The Hall–Kier alpha value is -0.0200. The number of carbonyl (C=O) groups excluding carboxylic acids is 1. The fraction of sp³-hybridized carbons (Fsp3) is 0.667. The lowest BCUT2D eigenvalue weighted by molar-refractivity contribution is 0.183. The number of ether oxygens (including phenoxy) is 1. The highest BCUT2D eigenvalue weighted by atomic mass is 35.5. The van der Waals surface area contributed by atoms with Crippen LogP contribution in [-0.4, -0.2) is 17.8 Å². The van der Waals surface area contributed by atoms with Crippen LogP contribution in [0.15, 0.2) is 0 Å². The minimum absolute atomic E-state index is 0.212. The molecule has 0 amide bonds. The molecule has 0 unspecified atom stereocenters. The number of halogens is 1. The van der Waals surface area contributed by atoms with Crippen molar-refractivity contribution in [2.24, 2.45) is 0 Å². The summed E-state index contributed by atoms with van der Waals surface area (Å²) in [6, 6.07) is 0. The first kappa shape index (κ1) is 6.98. The van der Waals surface area contributed by atoms with Crippen LogP contribution in [0.1, 0.15) is 0 Å². The number of carbonyl (C=O) groups is 1. The zero-order valence-corrected chi connectivity index (χ0v) is 5.09. The summed E-state index contributed by atoms with van der Waals surface area (Å²) in [7, 11) is 0. The van der Waals surface area contributed by atoms with Crippen LogP contribution in [0.5, 0.6) is 0 Å². The van der Waals surface area contributed by atoms with E-state index in [4.69, 9.17) is 11.6 Å². The normalized spacial score (nSPS) is 8.14. The van der Waals surface area contributed by atoms with Gasteiger partial charge in [-0.1, -0.05) is 0 Å². The van der Waals surface area contributed by atoms with Crippen LogP contribution in [0.25, 0.3) is 0 Å². The second-order valence-corrected chi connectivity index (χ2v) is 1.50. The maximum absolute atomic E-state index is 9.74. The predicted molar refractivity (Wildman–Crippen MR) is 29.7 cm³/mol. The monoisotopic (exact) mass is 139 g/mol. The molecule has 0 N–H and O–H groups in total. The van der Waals surface area contributed by atoms with Crippen LogP contribution in [0.2, 0.25) is 0 Å². The average molecular weight is 140 g/mol. The Morgan fingerprint density at radius 1 is 1.86 bits per heavy atom. The van der Waals surface area contributed by atoms with E-state index in [-0.39, 0.29) is 6.61 Å². The van der Waals surface area contributed by atoms with Crippen molar-refractivity contribution in [1.82, 2.24) is 0 Å². The van der Waals surface area contributed by atoms with Crippen molar-refractivity contribution < 1.29 is 9.53 Å². The molecule has 0 aromatic heterocycles. The Bertz CT molecular complexity index is 66.0. The highest BCUT2D eigenvalue weighted by Gasteiger charge is 1.89. The van der Waals surface area contributed by atoms with E-state index in [0.717, 1.165) is 0 Å². The van der Waals surface area contributed by atoms with E-state index >= 15 is 0 Å². The van der Waals surface area contributed by atoms with Gasteiger partial charge in [0.1, 0.15) is 6.61 Å². The van der Waals surface area contributed by atoms with Crippen molar-refractivity contribution in [3.05, 3.63) is 0 Å². The molecule has 41 valence electrons. The molecular formula is C3H4ClO2S. The second-order valence-electron chi connectivity index (χ2n) is 0.787. The summed E-state index contributed by atoms with van der Waals surface area (Å²) in [6.07, 6.45) is 0. The number of alkyl halides is 1. The van der Waals surface area contributed by atoms with Gasteiger partial charge in [-0.15, -0.1) is 11.6 Å². The van der Waals surface area contributed by atoms with Crippen molar-refractivity contribution in [3.63, 3.8) is 0 Å². The van der Waals surface area contributed by atoms with E-state index in [1.165, 1.54) is 0 Å². The molecule has 2 nitrogen and oxygen atoms in total. The lowest BCUT2D eigenvalue weighted by Crippen LogP contribution is -1.96. The maximum atomic E-state index is 9.74. The van der Waals surface area contributed by atoms with Gasteiger partial charge in [0, 0.05) is 12.6 Å². The highest BCUT2D eigenvalue weighted by molar-refractivity contribution is 7.96. The van der Waals surface area contributed by atoms with Gasteiger partial charge in [-0.25, -0.2) is 4.79 Å². The number of hydrogen-bond donors (Lipinski definition) is 0. The van der Waals surface area contributed by atoms with Crippen LogP contribution in [0.3, 0.4) is 0 Å². The first-order valence-corrected chi connectivity index (χ1v) is 2.61. The summed E-state index contributed by atoms with van der Waals surface area (Å²) in [6.45, 7) is 0.212. The molecule has 1 radical (unpaired) electrons. The van der Waals surface area contributed by atoms with E-state index in [1.807, 2.05) is 0 Å². The van der Waals surface area contributed by atoms with Gasteiger partial charge < -0.3 is 4.74 Å². The van der Waals surface area contributed by atoms with Crippen LogP contribution in [0, 0.1) is 0 Å². The van der Waals surface area contributed by atoms with E-state index in [0.29, 0.717) is 5.88 Å². The summed E-state index contributed by atoms with van der Waals surface area (Å²) >= 11 is 9.15. The Morgan fingerprint density at radius 3 is 2.57 bits per heavy atom. The van der Waals surface area contributed by atoms with E-state index in [2.05, 4.69) is 17.4 Å². The third kappa shape index (κ3) is 5.98. The molecule has 0 atom stereocenters. The molecule has 0 bridgehead atoms. The smallest absolute Gasteiger partial charge is 0.400 e. The van der Waals surface area contributed by atoms with Crippen molar-refractivity contribution in [2.75, 3.05) is 12.5 Å². The molecular weight excluding hydrogens is 136 g/mol. The zero-order chi connectivity index (χ0) is 5.70. The van der Waals surface area contributed by atoms with Gasteiger partial charge in [-0.2, -0.15) is 0 Å². The molecule has 0 aromatic rings. The Morgan fingerprint density at radius 2 is 2.43 bits per heavy atom. The summed E-state index contributed by atoms with van der Waals surface area (Å²) in [5.74, 6) is 0.308. The van der Waals surface area contributed by atoms with Crippen molar-refractivity contribution in [1.29, 1.82) is 0 Å².